The molecule has 0 fully saturated rings. The highest BCUT2D eigenvalue weighted by Gasteiger charge is 1.95. The number of hydrogen-bond acceptors (Lipinski definition) is 2. The first kappa shape index (κ1) is 9.32. The summed E-state index contributed by atoms with van der Waals surface area (Å²) in [5.41, 5.74) is 0.754. The molecule has 0 atom stereocenters. The van der Waals surface area contributed by atoms with Gasteiger partial charge >= 0.3 is 0 Å². The number of anilines is 1. The Morgan fingerprint density at radius 1 is 1.46 bits per heavy atom. The Hall–Kier alpha value is -1.77. The highest BCUT2D eigenvalue weighted by Crippen LogP contribution is 2.15. The van der Waals surface area contributed by atoms with Crippen LogP contribution in [0, 0.1) is 0 Å². The van der Waals surface area contributed by atoms with E-state index in [1.807, 2.05) is 0 Å². The number of ether oxygens (including phenoxy) is 1. The van der Waals surface area contributed by atoms with E-state index >= 15 is 0 Å². The summed E-state index contributed by atoms with van der Waals surface area (Å²) in [6, 6.07) is 7.04. The van der Waals surface area contributed by atoms with E-state index < -0.39 is 0 Å². The monoisotopic (exact) mass is 177 g/mol. The summed E-state index contributed by atoms with van der Waals surface area (Å²) < 4.78 is 5.02. The number of carbonyl (C=O) groups excluding carboxylic acids is 1. The average molecular weight is 177 g/mol. The fourth-order valence-corrected chi connectivity index (χ4v) is 0.916. The van der Waals surface area contributed by atoms with Crippen LogP contribution in [0.4, 0.5) is 5.69 Å². The van der Waals surface area contributed by atoms with E-state index in [9.17, 15) is 4.79 Å². The van der Waals surface area contributed by atoms with E-state index in [4.69, 9.17) is 4.74 Å². The van der Waals surface area contributed by atoms with Gasteiger partial charge in [0, 0.05) is 12.6 Å². The van der Waals surface area contributed by atoms with Crippen LogP contribution in [0.3, 0.4) is 0 Å². The maximum Gasteiger partial charge on any atom is 0.221 e. The third-order valence-corrected chi connectivity index (χ3v) is 1.39. The second-order valence-electron chi connectivity index (χ2n) is 2.49. The van der Waals surface area contributed by atoms with Crippen molar-refractivity contribution in [2.45, 2.75) is 6.92 Å². The third kappa shape index (κ3) is 2.99. The van der Waals surface area contributed by atoms with Crippen molar-refractivity contribution < 1.29 is 9.53 Å². The van der Waals surface area contributed by atoms with Crippen molar-refractivity contribution in [3.63, 3.8) is 0 Å². The molecule has 0 aromatic heterocycles. The molecule has 1 N–H and O–H groups in total. The number of benzene rings is 1. The smallest absolute Gasteiger partial charge is 0.221 e. The Kier molecular flexibility index (Phi) is 3.09. The largest absolute Gasteiger partial charge is 0.466 e. The first-order valence-corrected chi connectivity index (χ1v) is 3.87. The molecule has 1 amide bonds. The molecule has 0 heterocycles. The highest BCUT2D eigenvalue weighted by atomic mass is 16.5. The van der Waals surface area contributed by atoms with Gasteiger partial charge < -0.3 is 10.1 Å². The fraction of sp³-hybridized carbons (Fsp3) is 0.100. The van der Waals surface area contributed by atoms with Crippen LogP contribution in [-0.2, 0) is 4.79 Å². The molecule has 1 aromatic rings. The number of hydrogen-bond donors (Lipinski definition) is 1. The van der Waals surface area contributed by atoms with Gasteiger partial charge in [-0.1, -0.05) is 6.58 Å². The van der Waals surface area contributed by atoms with Crippen LogP contribution in [0.15, 0.2) is 37.1 Å². The molecule has 13 heavy (non-hydrogen) atoms. The van der Waals surface area contributed by atoms with Crippen molar-refractivity contribution in [2.75, 3.05) is 5.32 Å². The van der Waals surface area contributed by atoms with E-state index in [0.717, 1.165) is 5.69 Å². The topological polar surface area (TPSA) is 38.3 Å². The van der Waals surface area contributed by atoms with Crippen LogP contribution in [0.5, 0.6) is 5.75 Å². The molecule has 68 valence electrons. The second kappa shape index (κ2) is 4.30. The van der Waals surface area contributed by atoms with E-state index in [-0.39, 0.29) is 5.91 Å². The van der Waals surface area contributed by atoms with Gasteiger partial charge in [0.05, 0.1) is 6.26 Å². The SMILES string of the molecule is C=COc1ccc(NC(C)=O)cc1. The predicted molar refractivity (Wildman–Crippen MR) is 51.6 cm³/mol. The third-order valence-electron chi connectivity index (χ3n) is 1.39. The summed E-state index contributed by atoms with van der Waals surface area (Å²) in [4.78, 5) is 10.7. The maximum absolute atomic E-state index is 10.7. The van der Waals surface area contributed by atoms with Crippen LogP contribution < -0.4 is 10.1 Å². The quantitative estimate of drug-likeness (QED) is 0.718. The minimum atomic E-state index is -0.0858. The first-order chi connectivity index (χ1) is 6.22. The zero-order valence-electron chi connectivity index (χ0n) is 7.41. The zero-order valence-corrected chi connectivity index (χ0v) is 7.41. The molecule has 0 aliphatic carbocycles. The number of carbonyl (C=O) groups is 1. The molecular formula is C10H11NO2. The van der Waals surface area contributed by atoms with E-state index in [0.29, 0.717) is 5.75 Å². The van der Waals surface area contributed by atoms with Gasteiger partial charge in [-0.05, 0) is 24.3 Å². The van der Waals surface area contributed by atoms with Crippen LogP contribution in [-0.4, -0.2) is 5.91 Å². The maximum atomic E-state index is 10.7. The van der Waals surface area contributed by atoms with Crippen molar-refractivity contribution in [1.29, 1.82) is 0 Å². The lowest BCUT2D eigenvalue weighted by atomic mass is 10.3. The van der Waals surface area contributed by atoms with E-state index in [2.05, 4.69) is 11.9 Å². The van der Waals surface area contributed by atoms with Crippen molar-refractivity contribution in [1.82, 2.24) is 0 Å². The summed E-state index contributed by atoms with van der Waals surface area (Å²) in [5, 5.41) is 2.65. The molecule has 1 rings (SSSR count). The van der Waals surface area contributed by atoms with Crippen LogP contribution in [0.2, 0.25) is 0 Å². The van der Waals surface area contributed by atoms with E-state index in [1.165, 1.54) is 13.2 Å². The molecule has 0 unspecified atom stereocenters. The van der Waals surface area contributed by atoms with Gasteiger partial charge in [0.1, 0.15) is 5.75 Å². The Labute approximate surface area is 77.0 Å². The van der Waals surface area contributed by atoms with Crippen molar-refractivity contribution in [3.8, 4) is 5.75 Å². The van der Waals surface area contributed by atoms with Gasteiger partial charge in [0.2, 0.25) is 5.91 Å². The minimum Gasteiger partial charge on any atom is -0.466 e. The zero-order chi connectivity index (χ0) is 9.68. The normalized spacial score (nSPS) is 9.00. The Morgan fingerprint density at radius 2 is 2.08 bits per heavy atom. The first-order valence-electron chi connectivity index (χ1n) is 3.87. The van der Waals surface area contributed by atoms with Gasteiger partial charge in [-0.3, -0.25) is 4.79 Å². The summed E-state index contributed by atoms with van der Waals surface area (Å²) in [5.74, 6) is 0.612. The standard InChI is InChI=1S/C10H11NO2/c1-3-13-10-6-4-9(5-7-10)11-8(2)12/h3-7H,1H2,2H3,(H,11,12). The van der Waals surface area contributed by atoms with Crippen molar-refractivity contribution in [3.05, 3.63) is 37.1 Å². The molecule has 0 aliphatic heterocycles. The molecule has 0 radical (unpaired) electrons. The highest BCUT2D eigenvalue weighted by molar-refractivity contribution is 5.88. The summed E-state index contributed by atoms with van der Waals surface area (Å²) in [6.07, 6.45) is 1.35. The summed E-state index contributed by atoms with van der Waals surface area (Å²) in [6.45, 7) is 4.90. The summed E-state index contributed by atoms with van der Waals surface area (Å²) in [7, 11) is 0. The van der Waals surface area contributed by atoms with Gasteiger partial charge in [-0.15, -0.1) is 0 Å². The molecule has 1 aromatic carbocycles. The van der Waals surface area contributed by atoms with Gasteiger partial charge in [-0.2, -0.15) is 0 Å². The molecule has 0 saturated heterocycles. The summed E-state index contributed by atoms with van der Waals surface area (Å²) >= 11 is 0. The van der Waals surface area contributed by atoms with Crippen LogP contribution in [0.25, 0.3) is 0 Å². The lowest BCUT2D eigenvalue weighted by Crippen LogP contribution is -2.05. The lowest BCUT2D eigenvalue weighted by molar-refractivity contribution is -0.114. The van der Waals surface area contributed by atoms with Crippen molar-refractivity contribution in [2.24, 2.45) is 0 Å². The Morgan fingerprint density at radius 3 is 2.54 bits per heavy atom. The van der Waals surface area contributed by atoms with Gasteiger partial charge in [-0.25, -0.2) is 0 Å². The number of rotatable bonds is 3. The van der Waals surface area contributed by atoms with E-state index in [1.54, 1.807) is 24.3 Å². The lowest BCUT2D eigenvalue weighted by Gasteiger charge is -2.02. The van der Waals surface area contributed by atoms with Gasteiger partial charge in [0.25, 0.3) is 0 Å². The second-order valence-corrected chi connectivity index (χ2v) is 2.49. The Balaban J connectivity index is 2.69. The van der Waals surface area contributed by atoms with Crippen LogP contribution >= 0.6 is 0 Å². The Bertz CT molecular complexity index is 303. The number of nitrogens with one attached hydrogen (secondary N) is 1. The molecule has 0 spiro atoms. The predicted octanol–water partition coefficient (Wildman–Crippen LogP) is 2.17. The fourth-order valence-electron chi connectivity index (χ4n) is 0.916. The molecule has 0 aliphatic rings. The average Bonchev–Trinajstić information content (AvgIpc) is 2.08. The molecule has 0 saturated carbocycles. The van der Waals surface area contributed by atoms with Crippen molar-refractivity contribution >= 4 is 11.6 Å². The van der Waals surface area contributed by atoms with Crippen LogP contribution in [0.1, 0.15) is 6.92 Å². The molecule has 3 heteroatoms. The molecule has 3 nitrogen and oxygen atoms in total. The van der Waals surface area contributed by atoms with Gasteiger partial charge in [0.15, 0.2) is 0 Å². The molecule has 0 bridgehead atoms. The number of amides is 1. The minimum absolute atomic E-state index is 0.0858. The molecular weight excluding hydrogens is 166 g/mol.